The van der Waals surface area contributed by atoms with Crippen molar-refractivity contribution >= 4 is 16.8 Å². The molecule has 1 aromatic carbocycles. The standard InChI is InChI=1S/C23H24N6O2/c1-16-20-19(23(31)28(24-16)17(2)22(30)27-14-8-9-15-27)21(26-12-6-7-13-26)29(25-20)18-10-4-3-5-11-18/h3-7,10-13,17H,8-9,14-15H2,1-2H3/t17-/m0/s1. The second-order valence-corrected chi connectivity index (χ2v) is 7.93. The van der Waals surface area contributed by atoms with Crippen LogP contribution in [0.3, 0.4) is 0 Å². The number of fused-ring (bicyclic) bond motifs is 1. The fourth-order valence-electron chi connectivity index (χ4n) is 4.26. The molecule has 8 heteroatoms. The number of benzene rings is 1. The molecule has 158 valence electrons. The first-order valence-corrected chi connectivity index (χ1v) is 10.6. The van der Waals surface area contributed by atoms with Gasteiger partial charge in [-0.25, -0.2) is 9.36 Å². The summed E-state index contributed by atoms with van der Waals surface area (Å²) in [5.74, 6) is 0.570. The highest BCUT2D eigenvalue weighted by Crippen LogP contribution is 2.25. The highest BCUT2D eigenvalue weighted by atomic mass is 16.2. The van der Waals surface area contributed by atoms with Crippen molar-refractivity contribution in [2.75, 3.05) is 13.1 Å². The van der Waals surface area contributed by atoms with Crippen LogP contribution in [0, 0.1) is 6.92 Å². The van der Waals surface area contributed by atoms with Gasteiger partial charge < -0.3 is 9.47 Å². The van der Waals surface area contributed by atoms with Crippen LogP contribution < -0.4 is 5.56 Å². The zero-order chi connectivity index (χ0) is 21.5. The summed E-state index contributed by atoms with van der Waals surface area (Å²) in [6.45, 7) is 5.05. The molecule has 0 aliphatic carbocycles. The van der Waals surface area contributed by atoms with E-state index >= 15 is 0 Å². The summed E-state index contributed by atoms with van der Waals surface area (Å²) in [4.78, 5) is 28.5. The maximum Gasteiger partial charge on any atom is 0.280 e. The molecule has 1 aliphatic heterocycles. The smallest absolute Gasteiger partial charge is 0.280 e. The lowest BCUT2D eigenvalue weighted by molar-refractivity contribution is -0.133. The molecule has 0 bridgehead atoms. The summed E-state index contributed by atoms with van der Waals surface area (Å²) in [5.41, 5.74) is 1.67. The minimum Gasteiger partial charge on any atom is -0.341 e. The molecule has 1 amide bonds. The van der Waals surface area contributed by atoms with Crippen molar-refractivity contribution in [3.8, 4) is 11.5 Å². The van der Waals surface area contributed by atoms with Crippen LogP contribution in [0.1, 0.15) is 31.5 Å². The molecule has 1 aliphatic rings. The number of aromatic nitrogens is 5. The number of para-hydroxylation sites is 1. The summed E-state index contributed by atoms with van der Waals surface area (Å²) >= 11 is 0. The van der Waals surface area contributed by atoms with E-state index in [0.29, 0.717) is 22.4 Å². The zero-order valence-corrected chi connectivity index (χ0v) is 17.6. The van der Waals surface area contributed by atoms with Gasteiger partial charge in [0.15, 0.2) is 5.82 Å². The number of aryl methyl sites for hydroxylation is 1. The Morgan fingerprint density at radius 3 is 2.35 bits per heavy atom. The van der Waals surface area contributed by atoms with Crippen molar-refractivity contribution in [1.82, 2.24) is 29.0 Å². The molecule has 4 heterocycles. The predicted octanol–water partition coefficient (Wildman–Crippen LogP) is 2.86. The van der Waals surface area contributed by atoms with Gasteiger partial charge in [-0.05, 0) is 51.0 Å². The molecule has 0 radical (unpaired) electrons. The normalized spacial score (nSPS) is 15.0. The number of rotatable bonds is 4. The molecule has 8 nitrogen and oxygen atoms in total. The lowest BCUT2D eigenvalue weighted by atomic mass is 10.2. The van der Waals surface area contributed by atoms with Crippen molar-refractivity contribution < 1.29 is 4.79 Å². The molecule has 1 fully saturated rings. The fraction of sp³-hybridized carbons (Fsp3) is 0.304. The first-order valence-electron chi connectivity index (χ1n) is 10.6. The second kappa shape index (κ2) is 7.54. The fourth-order valence-corrected chi connectivity index (χ4v) is 4.26. The number of hydrogen-bond acceptors (Lipinski definition) is 4. The minimum absolute atomic E-state index is 0.0659. The Balaban J connectivity index is 1.75. The van der Waals surface area contributed by atoms with Gasteiger partial charge in [0.2, 0.25) is 5.91 Å². The number of carbonyl (C=O) groups is 1. The summed E-state index contributed by atoms with van der Waals surface area (Å²) < 4.78 is 4.96. The lowest BCUT2D eigenvalue weighted by Gasteiger charge is -2.21. The maximum absolute atomic E-state index is 13.7. The van der Waals surface area contributed by atoms with Crippen molar-refractivity contribution in [1.29, 1.82) is 0 Å². The van der Waals surface area contributed by atoms with Gasteiger partial charge in [0, 0.05) is 25.5 Å². The van der Waals surface area contributed by atoms with Gasteiger partial charge >= 0.3 is 0 Å². The first kappa shape index (κ1) is 19.3. The second-order valence-electron chi connectivity index (χ2n) is 7.93. The van der Waals surface area contributed by atoms with E-state index in [1.165, 1.54) is 4.68 Å². The molecule has 0 spiro atoms. The van der Waals surface area contributed by atoms with Crippen molar-refractivity contribution in [3.63, 3.8) is 0 Å². The molecule has 1 saturated heterocycles. The van der Waals surface area contributed by atoms with Gasteiger partial charge in [0.05, 0.1) is 11.4 Å². The van der Waals surface area contributed by atoms with Crippen LogP contribution in [0.2, 0.25) is 0 Å². The lowest BCUT2D eigenvalue weighted by Crippen LogP contribution is -2.39. The Labute approximate surface area is 179 Å². The molecule has 0 saturated carbocycles. The average molecular weight is 416 g/mol. The van der Waals surface area contributed by atoms with Crippen LogP contribution in [0.5, 0.6) is 0 Å². The Morgan fingerprint density at radius 2 is 1.68 bits per heavy atom. The number of nitrogens with zero attached hydrogens (tertiary/aromatic N) is 6. The number of hydrogen-bond donors (Lipinski definition) is 0. The van der Waals surface area contributed by atoms with Gasteiger partial charge in [-0.3, -0.25) is 9.59 Å². The maximum atomic E-state index is 13.7. The van der Waals surface area contributed by atoms with E-state index < -0.39 is 6.04 Å². The van der Waals surface area contributed by atoms with Gasteiger partial charge in [-0.1, -0.05) is 18.2 Å². The zero-order valence-electron chi connectivity index (χ0n) is 17.6. The Morgan fingerprint density at radius 1 is 1.00 bits per heavy atom. The summed E-state index contributed by atoms with van der Waals surface area (Å²) in [6.07, 6.45) is 5.77. The van der Waals surface area contributed by atoms with Crippen molar-refractivity contribution in [2.24, 2.45) is 0 Å². The average Bonchev–Trinajstić information content (AvgIpc) is 3.55. The van der Waals surface area contributed by atoms with Crippen LogP contribution >= 0.6 is 0 Å². The van der Waals surface area contributed by atoms with E-state index in [-0.39, 0.29) is 11.5 Å². The van der Waals surface area contributed by atoms with Crippen LogP contribution in [0.25, 0.3) is 22.4 Å². The third kappa shape index (κ3) is 3.15. The quantitative estimate of drug-likeness (QED) is 0.513. The number of amides is 1. The van der Waals surface area contributed by atoms with Gasteiger partial charge in [-0.15, -0.1) is 0 Å². The molecule has 0 N–H and O–H groups in total. The Bertz CT molecular complexity index is 1300. The molecule has 3 aromatic heterocycles. The van der Waals surface area contributed by atoms with Crippen LogP contribution in [0.15, 0.2) is 59.7 Å². The number of carbonyl (C=O) groups excluding carboxylic acids is 1. The minimum atomic E-state index is -0.675. The highest BCUT2D eigenvalue weighted by molar-refractivity contribution is 5.88. The molecular weight excluding hydrogens is 392 g/mol. The van der Waals surface area contributed by atoms with Crippen molar-refractivity contribution in [2.45, 2.75) is 32.7 Å². The molecule has 1 atom stereocenters. The predicted molar refractivity (Wildman–Crippen MR) is 118 cm³/mol. The number of likely N-dealkylation sites (tertiary alicyclic amines) is 1. The van der Waals surface area contributed by atoms with Gasteiger partial charge in [0.1, 0.15) is 16.9 Å². The van der Waals surface area contributed by atoms with E-state index in [9.17, 15) is 9.59 Å². The van der Waals surface area contributed by atoms with E-state index in [0.717, 1.165) is 31.6 Å². The largest absolute Gasteiger partial charge is 0.341 e. The molecule has 5 rings (SSSR count). The van der Waals surface area contributed by atoms with Crippen LogP contribution in [0.4, 0.5) is 0 Å². The van der Waals surface area contributed by atoms with Crippen LogP contribution in [-0.4, -0.2) is 48.0 Å². The highest BCUT2D eigenvalue weighted by Gasteiger charge is 2.29. The summed E-state index contributed by atoms with van der Waals surface area (Å²) in [5, 5.41) is 9.69. The third-order valence-corrected chi connectivity index (χ3v) is 5.88. The summed E-state index contributed by atoms with van der Waals surface area (Å²) in [6, 6.07) is 12.8. The van der Waals surface area contributed by atoms with E-state index in [1.807, 2.05) is 71.2 Å². The Kier molecular flexibility index (Phi) is 4.69. The Hall–Kier alpha value is -3.68. The topological polar surface area (TPSA) is 78.0 Å². The molecule has 4 aromatic rings. The van der Waals surface area contributed by atoms with Crippen LogP contribution in [-0.2, 0) is 4.79 Å². The summed E-state index contributed by atoms with van der Waals surface area (Å²) in [7, 11) is 0. The first-order chi connectivity index (χ1) is 15.1. The van der Waals surface area contributed by atoms with E-state index in [2.05, 4.69) is 5.10 Å². The SMILES string of the molecule is Cc1nn([C@@H](C)C(=O)N2CCCC2)c(=O)c2c(-n3cccc3)n(-c3ccccc3)nc12. The van der Waals surface area contributed by atoms with E-state index in [1.54, 1.807) is 11.6 Å². The van der Waals surface area contributed by atoms with Crippen molar-refractivity contribution in [3.05, 3.63) is 70.9 Å². The van der Waals surface area contributed by atoms with Gasteiger partial charge in [-0.2, -0.15) is 10.2 Å². The van der Waals surface area contributed by atoms with Gasteiger partial charge in [0.25, 0.3) is 5.56 Å². The molecule has 0 unspecified atom stereocenters. The van der Waals surface area contributed by atoms with E-state index in [4.69, 9.17) is 5.10 Å². The third-order valence-electron chi connectivity index (χ3n) is 5.88. The molecular formula is C23H24N6O2. The monoisotopic (exact) mass is 416 g/mol. The molecule has 31 heavy (non-hydrogen) atoms.